The second-order valence-corrected chi connectivity index (χ2v) is 5.23. The van der Waals surface area contributed by atoms with Crippen LogP contribution in [0.15, 0.2) is 23.8 Å². The Hall–Kier alpha value is -0.600. The Balaban J connectivity index is 2.24. The number of ether oxygens (including phenoxy) is 2. The van der Waals surface area contributed by atoms with Crippen molar-refractivity contribution in [1.82, 2.24) is 0 Å². The number of methoxy groups -OCH3 is 1. The molecule has 3 unspecified atom stereocenters. The van der Waals surface area contributed by atoms with Gasteiger partial charge in [0, 0.05) is 7.11 Å². The van der Waals surface area contributed by atoms with Crippen LogP contribution in [0.2, 0.25) is 0 Å². The summed E-state index contributed by atoms with van der Waals surface area (Å²) in [6.45, 7) is 6.62. The van der Waals surface area contributed by atoms with Crippen LogP contribution in [0.3, 0.4) is 0 Å². The molecular weight excluding hydrogens is 212 g/mol. The van der Waals surface area contributed by atoms with E-state index in [1.165, 1.54) is 18.4 Å². The highest BCUT2D eigenvalue weighted by atomic mass is 16.7. The molecule has 0 saturated heterocycles. The Bertz CT molecular complexity index is 264. The first-order chi connectivity index (χ1) is 8.11. The molecule has 0 saturated carbocycles. The van der Waals surface area contributed by atoms with Crippen LogP contribution in [0, 0.1) is 5.92 Å². The van der Waals surface area contributed by atoms with E-state index in [9.17, 15) is 0 Å². The van der Waals surface area contributed by atoms with Gasteiger partial charge in [0.05, 0.1) is 6.10 Å². The molecule has 0 bridgehead atoms. The van der Waals surface area contributed by atoms with E-state index in [-0.39, 0.29) is 6.29 Å². The van der Waals surface area contributed by atoms with Crippen molar-refractivity contribution < 1.29 is 9.47 Å². The molecule has 0 aromatic carbocycles. The molecular formula is C15H26O2. The lowest BCUT2D eigenvalue weighted by Crippen LogP contribution is -2.26. The Labute approximate surface area is 106 Å². The van der Waals surface area contributed by atoms with E-state index >= 15 is 0 Å². The predicted molar refractivity (Wildman–Crippen MR) is 71.9 cm³/mol. The van der Waals surface area contributed by atoms with Gasteiger partial charge in [0.2, 0.25) is 0 Å². The molecule has 0 aromatic rings. The summed E-state index contributed by atoms with van der Waals surface area (Å²) >= 11 is 0. The highest BCUT2D eigenvalue weighted by Crippen LogP contribution is 2.22. The molecule has 1 heterocycles. The fourth-order valence-electron chi connectivity index (χ4n) is 2.14. The van der Waals surface area contributed by atoms with Crippen LogP contribution in [-0.4, -0.2) is 19.5 Å². The van der Waals surface area contributed by atoms with Crippen molar-refractivity contribution in [2.45, 2.75) is 58.8 Å². The molecule has 0 N–H and O–H groups in total. The second-order valence-electron chi connectivity index (χ2n) is 5.23. The van der Waals surface area contributed by atoms with Crippen LogP contribution >= 0.6 is 0 Å². The highest BCUT2D eigenvalue weighted by Gasteiger charge is 2.19. The summed E-state index contributed by atoms with van der Waals surface area (Å²) in [5.41, 5.74) is 1.41. The molecule has 3 atom stereocenters. The van der Waals surface area contributed by atoms with Crippen LogP contribution in [0.5, 0.6) is 0 Å². The van der Waals surface area contributed by atoms with Crippen LogP contribution in [0.25, 0.3) is 0 Å². The summed E-state index contributed by atoms with van der Waals surface area (Å²) in [6.07, 6.45) is 11.2. The third-order valence-electron chi connectivity index (χ3n) is 3.13. The summed E-state index contributed by atoms with van der Waals surface area (Å²) in [5.74, 6) is 0.708. The van der Waals surface area contributed by atoms with E-state index in [0.717, 1.165) is 12.8 Å². The first-order valence-electron chi connectivity index (χ1n) is 6.60. The topological polar surface area (TPSA) is 18.5 Å². The molecule has 0 amide bonds. The largest absolute Gasteiger partial charge is 0.352 e. The molecule has 1 aliphatic heterocycles. The lowest BCUT2D eigenvalue weighted by Gasteiger charge is -2.27. The molecule has 0 spiro atoms. The summed E-state index contributed by atoms with van der Waals surface area (Å²) in [5, 5.41) is 0. The number of hydrogen-bond acceptors (Lipinski definition) is 2. The van der Waals surface area contributed by atoms with Crippen LogP contribution in [-0.2, 0) is 9.47 Å². The number of allylic oxidation sites excluding steroid dienone is 2. The van der Waals surface area contributed by atoms with Crippen molar-refractivity contribution >= 4 is 0 Å². The minimum absolute atomic E-state index is 0.140. The minimum atomic E-state index is -0.140. The maximum atomic E-state index is 5.81. The summed E-state index contributed by atoms with van der Waals surface area (Å²) in [4.78, 5) is 0. The molecule has 1 aliphatic rings. The van der Waals surface area contributed by atoms with Gasteiger partial charge in [0.1, 0.15) is 0 Å². The molecule has 2 heteroatoms. The molecule has 0 fully saturated rings. The molecule has 1 rings (SSSR count). The van der Waals surface area contributed by atoms with Gasteiger partial charge in [0.15, 0.2) is 6.29 Å². The normalized spacial score (nSPS) is 25.6. The van der Waals surface area contributed by atoms with E-state index in [1.807, 2.05) is 6.08 Å². The number of rotatable bonds is 6. The first-order valence-corrected chi connectivity index (χ1v) is 6.60. The van der Waals surface area contributed by atoms with Gasteiger partial charge in [-0.2, -0.15) is 0 Å². The molecule has 2 nitrogen and oxygen atoms in total. The SMILES string of the molecule is COC1C=CCC(CC(C)CCC=C(C)C)O1. The summed E-state index contributed by atoms with van der Waals surface area (Å²) in [6, 6.07) is 0. The van der Waals surface area contributed by atoms with E-state index in [1.54, 1.807) is 7.11 Å². The fraction of sp³-hybridized carbons (Fsp3) is 0.733. The first kappa shape index (κ1) is 14.5. The predicted octanol–water partition coefficient (Wildman–Crippen LogP) is 4.08. The summed E-state index contributed by atoms with van der Waals surface area (Å²) in [7, 11) is 1.69. The molecule has 0 radical (unpaired) electrons. The maximum absolute atomic E-state index is 5.81. The van der Waals surface area contributed by atoms with Gasteiger partial charge in [-0.15, -0.1) is 0 Å². The van der Waals surface area contributed by atoms with Crippen LogP contribution < -0.4 is 0 Å². The van der Waals surface area contributed by atoms with Gasteiger partial charge >= 0.3 is 0 Å². The number of hydrogen-bond donors (Lipinski definition) is 0. The van der Waals surface area contributed by atoms with Crippen molar-refractivity contribution in [2.75, 3.05) is 7.11 Å². The zero-order valence-electron chi connectivity index (χ0n) is 11.6. The van der Waals surface area contributed by atoms with Gasteiger partial charge < -0.3 is 9.47 Å². The Morgan fingerprint density at radius 1 is 1.53 bits per heavy atom. The Kier molecular flexibility index (Phi) is 6.53. The highest BCUT2D eigenvalue weighted by molar-refractivity contribution is 4.94. The van der Waals surface area contributed by atoms with Crippen molar-refractivity contribution in [1.29, 1.82) is 0 Å². The quantitative estimate of drug-likeness (QED) is 0.649. The molecule has 98 valence electrons. The monoisotopic (exact) mass is 238 g/mol. The lowest BCUT2D eigenvalue weighted by molar-refractivity contribution is -0.136. The van der Waals surface area contributed by atoms with Crippen molar-refractivity contribution in [3.05, 3.63) is 23.8 Å². The molecule has 17 heavy (non-hydrogen) atoms. The zero-order chi connectivity index (χ0) is 12.7. The van der Waals surface area contributed by atoms with E-state index < -0.39 is 0 Å². The van der Waals surface area contributed by atoms with Crippen molar-refractivity contribution in [3.8, 4) is 0 Å². The fourth-order valence-corrected chi connectivity index (χ4v) is 2.14. The van der Waals surface area contributed by atoms with Gasteiger partial charge in [0.25, 0.3) is 0 Å². The van der Waals surface area contributed by atoms with Crippen LogP contribution in [0.1, 0.15) is 46.5 Å². The molecule has 0 aromatic heterocycles. The van der Waals surface area contributed by atoms with E-state index in [4.69, 9.17) is 9.47 Å². The standard InChI is InChI=1S/C15H26O2/c1-12(2)7-5-8-13(3)11-14-9-6-10-15(16-4)17-14/h6-7,10,13-15H,5,8-9,11H2,1-4H3. The van der Waals surface area contributed by atoms with Crippen molar-refractivity contribution in [3.63, 3.8) is 0 Å². The lowest BCUT2D eigenvalue weighted by atomic mass is 9.95. The summed E-state index contributed by atoms with van der Waals surface area (Å²) < 4.78 is 11.0. The van der Waals surface area contributed by atoms with Gasteiger partial charge in [-0.05, 0) is 51.5 Å². The Morgan fingerprint density at radius 2 is 2.29 bits per heavy atom. The average molecular weight is 238 g/mol. The van der Waals surface area contributed by atoms with E-state index in [2.05, 4.69) is 32.9 Å². The zero-order valence-corrected chi connectivity index (χ0v) is 11.6. The second kappa shape index (κ2) is 7.67. The van der Waals surface area contributed by atoms with Gasteiger partial charge in [-0.3, -0.25) is 0 Å². The maximum Gasteiger partial charge on any atom is 0.176 e. The smallest absolute Gasteiger partial charge is 0.176 e. The molecule has 0 aliphatic carbocycles. The van der Waals surface area contributed by atoms with E-state index in [0.29, 0.717) is 12.0 Å². The van der Waals surface area contributed by atoms with Gasteiger partial charge in [-0.25, -0.2) is 0 Å². The van der Waals surface area contributed by atoms with Crippen molar-refractivity contribution in [2.24, 2.45) is 5.92 Å². The third-order valence-corrected chi connectivity index (χ3v) is 3.13. The minimum Gasteiger partial charge on any atom is -0.352 e. The Morgan fingerprint density at radius 3 is 2.94 bits per heavy atom. The van der Waals surface area contributed by atoms with Crippen LogP contribution in [0.4, 0.5) is 0 Å². The third kappa shape index (κ3) is 6.04. The van der Waals surface area contributed by atoms with Gasteiger partial charge in [-0.1, -0.05) is 24.6 Å². The average Bonchev–Trinajstić information content (AvgIpc) is 2.28.